The highest BCUT2D eigenvalue weighted by molar-refractivity contribution is 9.10. The Morgan fingerprint density at radius 3 is 3.06 bits per heavy atom. The summed E-state index contributed by atoms with van der Waals surface area (Å²) >= 11 is 3.39. The number of halogens is 1. The van der Waals surface area contributed by atoms with Gasteiger partial charge in [0.1, 0.15) is 16.1 Å². The van der Waals surface area contributed by atoms with Crippen LogP contribution in [0.25, 0.3) is 11.5 Å². The molecule has 1 atom stereocenters. The van der Waals surface area contributed by atoms with Gasteiger partial charge in [-0.05, 0) is 40.9 Å². The summed E-state index contributed by atoms with van der Waals surface area (Å²) in [4.78, 5) is 4.44. The van der Waals surface area contributed by atoms with Gasteiger partial charge in [-0.25, -0.2) is 4.98 Å². The number of hydrogen-bond donors (Lipinski definition) is 0. The molecule has 0 aliphatic carbocycles. The zero-order valence-electron chi connectivity index (χ0n) is 9.60. The third-order valence-electron chi connectivity index (χ3n) is 3.18. The maximum absolute atomic E-state index is 4.44. The minimum Gasteiger partial charge on any atom is -0.309 e. The standard InChI is InChI=1S/C12H13BrN4/c1-8-4-3-7-17-11(8)15-16-12(17)9-5-2-6-10(13)14-9/h2,5-6,8H,3-4,7H2,1H3. The Morgan fingerprint density at radius 2 is 2.24 bits per heavy atom. The van der Waals surface area contributed by atoms with Gasteiger partial charge in [-0.2, -0.15) is 0 Å². The van der Waals surface area contributed by atoms with Gasteiger partial charge in [0.05, 0.1) is 0 Å². The van der Waals surface area contributed by atoms with Gasteiger partial charge < -0.3 is 4.57 Å². The quantitative estimate of drug-likeness (QED) is 0.759. The third kappa shape index (κ3) is 1.88. The number of rotatable bonds is 1. The van der Waals surface area contributed by atoms with Crippen LogP contribution in [0, 0.1) is 0 Å². The smallest absolute Gasteiger partial charge is 0.182 e. The van der Waals surface area contributed by atoms with E-state index in [1.165, 1.54) is 12.8 Å². The fourth-order valence-corrected chi connectivity index (χ4v) is 2.65. The normalized spacial score (nSPS) is 19.1. The van der Waals surface area contributed by atoms with Crippen LogP contribution in [-0.4, -0.2) is 19.7 Å². The minimum atomic E-state index is 0.497. The van der Waals surface area contributed by atoms with E-state index < -0.39 is 0 Å². The van der Waals surface area contributed by atoms with E-state index in [1.807, 2.05) is 18.2 Å². The first-order valence-electron chi connectivity index (χ1n) is 5.82. The predicted molar refractivity (Wildman–Crippen MR) is 68.6 cm³/mol. The first-order valence-corrected chi connectivity index (χ1v) is 6.61. The molecule has 3 heterocycles. The van der Waals surface area contributed by atoms with E-state index in [9.17, 15) is 0 Å². The molecule has 2 aromatic heterocycles. The highest BCUT2D eigenvalue weighted by atomic mass is 79.9. The lowest BCUT2D eigenvalue weighted by Crippen LogP contribution is -2.15. The Morgan fingerprint density at radius 1 is 1.35 bits per heavy atom. The molecule has 0 radical (unpaired) electrons. The molecule has 0 amide bonds. The van der Waals surface area contributed by atoms with Gasteiger partial charge in [-0.3, -0.25) is 0 Å². The molecule has 1 aliphatic rings. The van der Waals surface area contributed by atoms with Crippen molar-refractivity contribution in [2.45, 2.75) is 32.2 Å². The fourth-order valence-electron chi connectivity index (χ4n) is 2.31. The largest absolute Gasteiger partial charge is 0.309 e. The molecule has 5 heteroatoms. The predicted octanol–water partition coefficient (Wildman–Crippen LogP) is 3.00. The fraction of sp³-hybridized carbons (Fsp3) is 0.417. The van der Waals surface area contributed by atoms with Crippen molar-refractivity contribution in [3.8, 4) is 11.5 Å². The van der Waals surface area contributed by atoms with E-state index in [0.29, 0.717) is 5.92 Å². The first kappa shape index (κ1) is 10.9. The van der Waals surface area contributed by atoms with Crippen LogP contribution in [-0.2, 0) is 6.54 Å². The second-order valence-electron chi connectivity index (χ2n) is 4.42. The lowest BCUT2D eigenvalue weighted by molar-refractivity contribution is 0.466. The van der Waals surface area contributed by atoms with Gasteiger partial charge in [-0.1, -0.05) is 13.0 Å². The van der Waals surface area contributed by atoms with Crippen molar-refractivity contribution in [1.82, 2.24) is 19.7 Å². The maximum Gasteiger partial charge on any atom is 0.182 e. The van der Waals surface area contributed by atoms with Crippen LogP contribution in [0.5, 0.6) is 0 Å². The van der Waals surface area contributed by atoms with Crippen LogP contribution in [0.4, 0.5) is 0 Å². The molecule has 0 N–H and O–H groups in total. The molecule has 4 nitrogen and oxygen atoms in total. The number of aromatic nitrogens is 4. The van der Waals surface area contributed by atoms with Crippen LogP contribution in [0.3, 0.4) is 0 Å². The van der Waals surface area contributed by atoms with Crippen molar-refractivity contribution < 1.29 is 0 Å². The van der Waals surface area contributed by atoms with Gasteiger partial charge in [0.25, 0.3) is 0 Å². The van der Waals surface area contributed by atoms with E-state index in [-0.39, 0.29) is 0 Å². The molecule has 0 fully saturated rings. The lowest BCUT2D eigenvalue weighted by atomic mass is 10.0. The second kappa shape index (κ2) is 4.22. The molecule has 3 rings (SSSR count). The second-order valence-corrected chi connectivity index (χ2v) is 5.23. The van der Waals surface area contributed by atoms with Gasteiger partial charge in [0.15, 0.2) is 5.82 Å². The Kier molecular flexibility index (Phi) is 2.70. The highest BCUT2D eigenvalue weighted by Gasteiger charge is 2.22. The first-order chi connectivity index (χ1) is 8.25. The Balaban J connectivity index is 2.10. The molecule has 88 valence electrons. The topological polar surface area (TPSA) is 43.6 Å². The van der Waals surface area contributed by atoms with Crippen molar-refractivity contribution in [1.29, 1.82) is 0 Å². The average Bonchev–Trinajstić information content (AvgIpc) is 2.74. The summed E-state index contributed by atoms with van der Waals surface area (Å²) in [6.45, 7) is 3.20. The zero-order chi connectivity index (χ0) is 11.8. The monoisotopic (exact) mass is 292 g/mol. The molecule has 17 heavy (non-hydrogen) atoms. The summed E-state index contributed by atoms with van der Waals surface area (Å²) < 4.78 is 3.03. The molecule has 0 saturated heterocycles. The molecule has 1 unspecified atom stereocenters. The number of hydrogen-bond acceptors (Lipinski definition) is 3. The van der Waals surface area contributed by atoms with Crippen molar-refractivity contribution in [3.63, 3.8) is 0 Å². The summed E-state index contributed by atoms with van der Waals surface area (Å²) in [5.74, 6) is 2.47. The molecular weight excluding hydrogens is 280 g/mol. The van der Waals surface area contributed by atoms with Gasteiger partial charge >= 0.3 is 0 Å². The zero-order valence-corrected chi connectivity index (χ0v) is 11.2. The van der Waals surface area contributed by atoms with E-state index in [0.717, 1.165) is 28.5 Å². The molecule has 0 aromatic carbocycles. The molecule has 1 aliphatic heterocycles. The van der Waals surface area contributed by atoms with Crippen LogP contribution < -0.4 is 0 Å². The van der Waals surface area contributed by atoms with E-state index in [1.54, 1.807) is 0 Å². The summed E-state index contributed by atoms with van der Waals surface area (Å²) in [5, 5.41) is 8.59. The van der Waals surface area contributed by atoms with E-state index in [2.05, 4.69) is 42.6 Å². The van der Waals surface area contributed by atoms with Crippen LogP contribution in [0.15, 0.2) is 22.8 Å². The molecule has 0 bridgehead atoms. The van der Waals surface area contributed by atoms with Crippen LogP contribution in [0.2, 0.25) is 0 Å². The van der Waals surface area contributed by atoms with Crippen molar-refractivity contribution in [2.75, 3.05) is 0 Å². The third-order valence-corrected chi connectivity index (χ3v) is 3.62. The Bertz CT molecular complexity index is 549. The van der Waals surface area contributed by atoms with Crippen LogP contribution >= 0.6 is 15.9 Å². The molecule has 0 saturated carbocycles. The van der Waals surface area contributed by atoms with E-state index >= 15 is 0 Å². The Labute approximate surface area is 108 Å². The van der Waals surface area contributed by atoms with Gasteiger partial charge in [0, 0.05) is 12.5 Å². The lowest BCUT2D eigenvalue weighted by Gasteiger charge is -2.20. The SMILES string of the molecule is CC1CCCn2c(-c3cccc(Br)n3)nnc21. The van der Waals surface area contributed by atoms with Crippen molar-refractivity contribution >= 4 is 15.9 Å². The summed E-state index contributed by atoms with van der Waals surface area (Å²) in [6, 6.07) is 5.86. The van der Waals surface area contributed by atoms with Crippen molar-refractivity contribution in [3.05, 3.63) is 28.6 Å². The average molecular weight is 293 g/mol. The summed E-state index contributed by atoms with van der Waals surface area (Å²) in [6.07, 6.45) is 2.39. The minimum absolute atomic E-state index is 0.497. The number of nitrogens with zero attached hydrogens (tertiary/aromatic N) is 4. The number of pyridine rings is 1. The summed E-state index contributed by atoms with van der Waals surface area (Å²) in [5.41, 5.74) is 0.882. The van der Waals surface area contributed by atoms with Crippen molar-refractivity contribution in [2.24, 2.45) is 0 Å². The Hall–Kier alpha value is -1.23. The number of fused-ring (bicyclic) bond motifs is 1. The molecule has 2 aromatic rings. The highest BCUT2D eigenvalue weighted by Crippen LogP contribution is 2.29. The summed E-state index contributed by atoms with van der Waals surface area (Å²) in [7, 11) is 0. The maximum atomic E-state index is 4.44. The molecule has 0 spiro atoms. The van der Waals surface area contributed by atoms with E-state index in [4.69, 9.17) is 0 Å². The van der Waals surface area contributed by atoms with Gasteiger partial charge in [0.2, 0.25) is 0 Å². The molecular formula is C12H13BrN4. The van der Waals surface area contributed by atoms with Gasteiger partial charge in [-0.15, -0.1) is 10.2 Å². The van der Waals surface area contributed by atoms with Crippen LogP contribution in [0.1, 0.15) is 31.5 Å².